The van der Waals surface area contributed by atoms with Crippen LogP contribution in [0.2, 0.25) is 0 Å². The van der Waals surface area contributed by atoms with Crippen molar-refractivity contribution >= 4 is 5.91 Å². The van der Waals surface area contributed by atoms with Gasteiger partial charge in [0.15, 0.2) is 0 Å². The number of rotatable bonds is 1. The molecular weight excluding hydrogens is 202 g/mol. The third-order valence-electron chi connectivity index (χ3n) is 3.14. The average Bonchev–Trinajstić information content (AvgIpc) is 2.71. The lowest BCUT2D eigenvalue weighted by atomic mass is 10.1. The molecule has 5 heteroatoms. The first-order chi connectivity index (χ1) is 6.98. The van der Waals surface area contributed by atoms with Crippen LogP contribution in [0, 0.1) is 5.92 Å². The van der Waals surface area contributed by atoms with Crippen LogP contribution in [0.4, 0.5) is 8.78 Å². The molecule has 0 aromatic rings. The molecule has 1 amide bonds. The Labute approximate surface area is 87.8 Å². The molecule has 2 atom stereocenters. The summed E-state index contributed by atoms with van der Waals surface area (Å²) in [6.45, 7) is 3.13. The van der Waals surface area contributed by atoms with Crippen molar-refractivity contribution in [3.8, 4) is 0 Å². The summed E-state index contributed by atoms with van der Waals surface area (Å²) >= 11 is 0. The lowest BCUT2D eigenvalue weighted by Crippen LogP contribution is -2.42. The van der Waals surface area contributed by atoms with Gasteiger partial charge in [-0.25, -0.2) is 8.78 Å². The van der Waals surface area contributed by atoms with E-state index in [4.69, 9.17) is 0 Å². The van der Waals surface area contributed by atoms with Gasteiger partial charge in [0.25, 0.3) is 5.92 Å². The van der Waals surface area contributed by atoms with Crippen LogP contribution in [0.15, 0.2) is 0 Å². The third-order valence-corrected chi connectivity index (χ3v) is 3.14. The molecule has 2 heterocycles. The summed E-state index contributed by atoms with van der Waals surface area (Å²) in [6.07, 6.45) is 0.631. The highest BCUT2D eigenvalue weighted by molar-refractivity contribution is 5.82. The van der Waals surface area contributed by atoms with E-state index in [0.29, 0.717) is 19.0 Å². The Hall–Kier alpha value is -0.710. The monoisotopic (exact) mass is 218 g/mol. The second-order valence-electron chi connectivity index (χ2n) is 4.67. The van der Waals surface area contributed by atoms with Crippen LogP contribution in [0.1, 0.15) is 19.8 Å². The average molecular weight is 218 g/mol. The van der Waals surface area contributed by atoms with E-state index in [0.717, 1.165) is 6.42 Å². The summed E-state index contributed by atoms with van der Waals surface area (Å²) in [4.78, 5) is 13.5. The van der Waals surface area contributed by atoms with Crippen LogP contribution in [-0.2, 0) is 4.79 Å². The van der Waals surface area contributed by atoms with E-state index in [1.165, 1.54) is 0 Å². The molecule has 1 N–H and O–H groups in total. The smallest absolute Gasteiger partial charge is 0.262 e. The van der Waals surface area contributed by atoms with Crippen molar-refractivity contribution in [3.05, 3.63) is 0 Å². The van der Waals surface area contributed by atoms with E-state index in [2.05, 4.69) is 12.2 Å². The SMILES string of the molecule is CC1CCN(C(=O)C2CC(F)(F)CN2)C1. The van der Waals surface area contributed by atoms with Crippen LogP contribution in [-0.4, -0.2) is 42.4 Å². The molecule has 0 bridgehead atoms. The summed E-state index contributed by atoms with van der Waals surface area (Å²) in [5.74, 6) is -2.38. The number of alkyl halides is 2. The van der Waals surface area contributed by atoms with Gasteiger partial charge in [0.05, 0.1) is 12.6 Å². The third kappa shape index (κ3) is 2.27. The summed E-state index contributed by atoms with van der Waals surface area (Å²) in [6, 6.07) is -0.676. The van der Waals surface area contributed by atoms with Gasteiger partial charge in [0.2, 0.25) is 5.91 Å². The number of hydrogen-bond donors (Lipinski definition) is 1. The van der Waals surface area contributed by atoms with Gasteiger partial charge >= 0.3 is 0 Å². The van der Waals surface area contributed by atoms with Crippen molar-refractivity contribution in [2.24, 2.45) is 5.92 Å². The number of nitrogens with one attached hydrogen (secondary N) is 1. The second kappa shape index (κ2) is 3.70. The van der Waals surface area contributed by atoms with E-state index >= 15 is 0 Å². The predicted octanol–water partition coefficient (Wildman–Crippen LogP) is 0.852. The van der Waals surface area contributed by atoms with Crippen LogP contribution in [0.3, 0.4) is 0 Å². The van der Waals surface area contributed by atoms with Gasteiger partial charge < -0.3 is 4.90 Å². The highest BCUT2D eigenvalue weighted by atomic mass is 19.3. The molecule has 2 rings (SSSR count). The molecule has 86 valence electrons. The molecule has 0 saturated carbocycles. The van der Waals surface area contributed by atoms with Gasteiger partial charge in [0.1, 0.15) is 0 Å². The molecule has 2 fully saturated rings. The number of hydrogen-bond acceptors (Lipinski definition) is 2. The number of amides is 1. The molecule has 2 aliphatic heterocycles. The Morgan fingerprint density at radius 1 is 1.53 bits per heavy atom. The van der Waals surface area contributed by atoms with Crippen LogP contribution < -0.4 is 5.32 Å². The zero-order valence-electron chi connectivity index (χ0n) is 8.80. The minimum Gasteiger partial charge on any atom is -0.341 e. The van der Waals surface area contributed by atoms with E-state index in [9.17, 15) is 13.6 Å². The quantitative estimate of drug-likeness (QED) is 0.707. The maximum absolute atomic E-state index is 12.9. The van der Waals surface area contributed by atoms with Crippen molar-refractivity contribution in [2.45, 2.75) is 31.7 Å². The Morgan fingerprint density at radius 3 is 2.73 bits per heavy atom. The number of halogens is 2. The van der Waals surface area contributed by atoms with Crippen molar-refractivity contribution in [1.82, 2.24) is 10.2 Å². The van der Waals surface area contributed by atoms with Gasteiger partial charge in [-0.3, -0.25) is 10.1 Å². The van der Waals surface area contributed by atoms with Gasteiger partial charge in [-0.15, -0.1) is 0 Å². The highest BCUT2D eigenvalue weighted by Gasteiger charge is 2.44. The summed E-state index contributed by atoms with van der Waals surface area (Å²) in [5, 5.41) is 2.60. The fourth-order valence-electron chi connectivity index (χ4n) is 2.25. The lowest BCUT2D eigenvalue weighted by Gasteiger charge is -2.20. The molecule has 0 aromatic heterocycles. The van der Waals surface area contributed by atoms with Crippen molar-refractivity contribution < 1.29 is 13.6 Å². The second-order valence-corrected chi connectivity index (χ2v) is 4.67. The van der Waals surface area contributed by atoms with E-state index in [-0.39, 0.29) is 18.9 Å². The van der Waals surface area contributed by atoms with E-state index in [1.54, 1.807) is 4.90 Å². The molecule has 0 spiro atoms. The fourth-order valence-corrected chi connectivity index (χ4v) is 2.25. The standard InChI is InChI=1S/C10H16F2N2O/c1-7-2-3-14(5-7)9(15)8-4-10(11,12)6-13-8/h7-8,13H,2-6H2,1H3. The lowest BCUT2D eigenvalue weighted by molar-refractivity contribution is -0.132. The Balaban J connectivity index is 1.92. The van der Waals surface area contributed by atoms with Crippen LogP contribution in [0.25, 0.3) is 0 Å². The number of carbonyl (C=O) groups excluding carboxylic acids is 1. The van der Waals surface area contributed by atoms with Gasteiger partial charge in [-0.1, -0.05) is 6.92 Å². The van der Waals surface area contributed by atoms with E-state index < -0.39 is 12.0 Å². The molecule has 0 radical (unpaired) electrons. The molecule has 0 aliphatic carbocycles. The zero-order valence-corrected chi connectivity index (χ0v) is 8.80. The topological polar surface area (TPSA) is 32.3 Å². The number of likely N-dealkylation sites (tertiary alicyclic amines) is 1. The molecule has 15 heavy (non-hydrogen) atoms. The van der Waals surface area contributed by atoms with Crippen molar-refractivity contribution in [2.75, 3.05) is 19.6 Å². The van der Waals surface area contributed by atoms with Gasteiger partial charge in [-0.2, -0.15) is 0 Å². The molecule has 2 aliphatic rings. The Morgan fingerprint density at radius 2 is 2.27 bits per heavy atom. The van der Waals surface area contributed by atoms with Gasteiger partial charge in [0, 0.05) is 19.5 Å². The number of nitrogens with zero attached hydrogens (tertiary/aromatic N) is 1. The highest BCUT2D eigenvalue weighted by Crippen LogP contribution is 2.27. The molecule has 3 nitrogen and oxygen atoms in total. The Kier molecular flexibility index (Phi) is 2.66. The molecule has 2 saturated heterocycles. The fraction of sp³-hybridized carbons (Fsp3) is 0.900. The zero-order chi connectivity index (χ0) is 11.1. The largest absolute Gasteiger partial charge is 0.341 e. The van der Waals surface area contributed by atoms with Crippen molar-refractivity contribution in [3.63, 3.8) is 0 Å². The molecule has 2 unspecified atom stereocenters. The first kappa shape index (κ1) is 10.8. The predicted molar refractivity (Wildman–Crippen MR) is 51.7 cm³/mol. The minimum atomic E-state index is -2.72. The van der Waals surface area contributed by atoms with Crippen LogP contribution in [0.5, 0.6) is 0 Å². The maximum atomic E-state index is 12.9. The summed E-state index contributed by atoms with van der Waals surface area (Å²) in [5.41, 5.74) is 0. The van der Waals surface area contributed by atoms with E-state index in [1.807, 2.05) is 0 Å². The first-order valence-corrected chi connectivity index (χ1v) is 5.38. The van der Waals surface area contributed by atoms with Crippen LogP contribution >= 0.6 is 0 Å². The summed E-state index contributed by atoms with van der Waals surface area (Å²) < 4.78 is 25.8. The number of carbonyl (C=O) groups is 1. The van der Waals surface area contributed by atoms with Crippen molar-refractivity contribution in [1.29, 1.82) is 0 Å². The first-order valence-electron chi connectivity index (χ1n) is 5.38. The molecule has 0 aromatic carbocycles. The summed E-state index contributed by atoms with van der Waals surface area (Å²) in [7, 11) is 0. The minimum absolute atomic E-state index is 0.156. The normalized spacial score (nSPS) is 34.7. The van der Waals surface area contributed by atoms with Gasteiger partial charge in [-0.05, 0) is 12.3 Å². The Bertz CT molecular complexity index is 270. The molecular formula is C10H16F2N2O. The maximum Gasteiger partial charge on any atom is 0.262 e.